The van der Waals surface area contributed by atoms with Gasteiger partial charge in [0.25, 0.3) is 5.91 Å². The van der Waals surface area contributed by atoms with E-state index in [9.17, 15) is 4.79 Å². The van der Waals surface area contributed by atoms with Gasteiger partial charge in [-0.25, -0.2) is 4.98 Å². The standard InChI is InChI=1S/C14H21N3O2/c1-8-12(19-9(2)16-8)13(18)17-7-10-5-15-6-11(10)14(17,3)4/h10-11,15H,5-7H2,1-4H3. The van der Waals surface area contributed by atoms with Crippen LogP contribution in [-0.2, 0) is 0 Å². The van der Waals surface area contributed by atoms with E-state index < -0.39 is 0 Å². The fraction of sp³-hybridized carbons (Fsp3) is 0.714. The topological polar surface area (TPSA) is 58.4 Å². The van der Waals surface area contributed by atoms with Crippen molar-refractivity contribution in [3.05, 3.63) is 17.3 Å². The van der Waals surface area contributed by atoms with E-state index in [0.29, 0.717) is 29.2 Å². The van der Waals surface area contributed by atoms with Gasteiger partial charge in [-0.2, -0.15) is 0 Å². The summed E-state index contributed by atoms with van der Waals surface area (Å²) in [6.45, 7) is 10.7. The van der Waals surface area contributed by atoms with Crippen LogP contribution in [0.5, 0.6) is 0 Å². The minimum absolute atomic E-state index is 0.0162. The molecular formula is C14H21N3O2. The van der Waals surface area contributed by atoms with E-state index in [1.54, 1.807) is 6.92 Å². The molecule has 19 heavy (non-hydrogen) atoms. The summed E-state index contributed by atoms with van der Waals surface area (Å²) in [5.74, 6) is 2.03. The molecular weight excluding hydrogens is 242 g/mol. The number of fused-ring (bicyclic) bond motifs is 1. The van der Waals surface area contributed by atoms with E-state index in [1.807, 2.05) is 11.8 Å². The second-order valence-electron chi connectivity index (χ2n) is 6.24. The molecule has 0 saturated carbocycles. The Morgan fingerprint density at radius 1 is 1.42 bits per heavy atom. The summed E-state index contributed by atoms with van der Waals surface area (Å²) in [4.78, 5) is 18.9. The summed E-state index contributed by atoms with van der Waals surface area (Å²) in [6.07, 6.45) is 0. The summed E-state index contributed by atoms with van der Waals surface area (Å²) in [5, 5.41) is 3.42. The van der Waals surface area contributed by atoms with Gasteiger partial charge in [-0.15, -0.1) is 0 Å². The number of rotatable bonds is 1. The molecule has 1 N–H and O–H groups in total. The molecule has 1 amide bonds. The SMILES string of the molecule is Cc1nc(C)c(C(=O)N2CC3CNCC3C2(C)C)o1. The number of carbonyl (C=O) groups excluding carboxylic acids is 1. The Morgan fingerprint density at radius 3 is 2.74 bits per heavy atom. The van der Waals surface area contributed by atoms with Crippen LogP contribution in [0.4, 0.5) is 0 Å². The van der Waals surface area contributed by atoms with E-state index in [-0.39, 0.29) is 11.4 Å². The number of nitrogens with one attached hydrogen (secondary N) is 1. The second kappa shape index (κ2) is 4.07. The maximum Gasteiger partial charge on any atom is 0.292 e. The van der Waals surface area contributed by atoms with Gasteiger partial charge in [0.2, 0.25) is 5.76 Å². The maximum absolute atomic E-state index is 12.7. The molecule has 2 unspecified atom stereocenters. The number of likely N-dealkylation sites (tertiary alicyclic amines) is 1. The van der Waals surface area contributed by atoms with E-state index in [0.717, 1.165) is 19.6 Å². The maximum atomic E-state index is 12.7. The van der Waals surface area contributed by atoms with Gasteiger partial charge in [-0.3, -0.25) is 4.79 Å². The molecule has 2 fully saturated rings. The summed E-state index contributed by atoms with van der Waals surface area (Å²) < 4.78 is 5.49. The van der Waals surface area contributed by atoms with Crippen molar-refractivity contribution in [2.45, 2.75) is 33.2 Å². The van der Waals surface area contributed by atoms with Crippen LogP contribution in [0, 0.1) is 25.7 Å². The summed E-state index contributed by atoms with van der Waals surface area (Å²) in [6, 6.07) is 0. The Morgan fingerprint density at radius 2 is 2.16 bits per heavy atom. The number of carbonyl (C=O) groups is 1. The van der Waals surface area contributed by atoms with Crippen LogP contribution >= 0.6 is 0 Å². The average Bonchev–Trinajstić information content (AvgIpc) is 2.96. The van der Waals surface area contributed by atoms with E-state index in [1.165, 1.54) is 0 Å². The van der Waals surface area contributed by atoms with Crippen molar-refractivity contribution in [2.75, 3.05) is 19.6 Å². The highest BCUT2D eigenvalue weighted by molar-refractivity contribution is 5.93. The molecule has 0 aromatic carbocycles. The Bertz CT molecular complexity index is 521. The zero-order chi connectivity index (χ0) is 13.8. The Kier molecular flexibility index (Phi) is 2.71. The van der Waals surface area contributed by atoms with Crippen LogP contribution in [0.25, 0.3) is 0 Å². The van der Waals surface area contributed by atoms with Crippen LogP contribution < -0.4 is 5.32 Å². The predicted octanol–water partition coefficient (Wildman–Crippen LogP) is 1.36. The Hall–Kier alpha value is -1.36. The summed E-state index contributed by atoms with van der Waals surface area (Å²) >= 11 is 0. The molecule has 5 nitrogen and oxygen atoms in total. The molecule has 5 heteroatoms. The Labute approximate surface area is 113 Å². The van der Waals surface area contributed by atoms with Crippen molar-refractivity contribution in [1.29, 1.82) is 0 Å². The first-order valence-electron chi connectivity index (χ1n) is 6.88. The quantitative estimate of drug-likeness (QED) is 0.831. The van der Waals surface area contributed by atoms with Gasteiger partial charge in [-0.05, 0) is 32.6 Å². The van der Waals surface area contributed by atoms with Crippen molar-refractivity contribution >= 4 is 5.91 Å². The van der Waals surface area contributed by atoms with Gasteiger partial charge in [-0.1, -0.05) is 0 Å². The lowest BCUT2D eigenvalue weighted by atomic mass is 9.85. The summed E-state index contributed by atoms with van der Waals surface area (Å²) in [7, 11) is 0. The smallest absolute Gasteiger partial charge is 0.292 e. The lowest BCUT2D eigenvalue weighted by Crippen LogP contribution is -2.47. The van der Waals surface area contributed by atoms with Crippen LogP contribution in [0.1, 0.15) is 36.0 Å². The van der Waals surface area contributed by atoms with Crippen LogP contribution in [-0.4, -0.2) is 41.0 Å². The molecule has 1 aromatic rings. The van der Waals surface area contributed by atoms with Crippen molar-refractivity contribution in [3.63, 3.8) is 0 Å². The second-order valence-corrected chi connectivity index (χ2v) is 6.24. The molecule has 3 heterocycles. The van der Waals surface area contributed by atoms with E-state index >= 15 is 0 Å². The molecule has 1 aromatic heterocycles. The zero-order valence-corrected chi connectivity index (χ0v) is 12.0. The minimum atomic E-state index is -0.127. The highest BCUT2D eigenvalue weighted by Crippen LogP contribution is 2.41. The van der Waals surface area contributed by atoms with E-state index in [2.05, 4.69) is 24.1 Å². The van der Waals surface area contributed by atoms with Gasteiger partial charge in [0.1, 0.15) is 0 Å². The largest absolute Gasteiger partial charge is 0.436 e. The van der Waals surface area contributed by atoms with Crippen molar-refractivity contribution in [3.8, 4) is 0 Å². The normalized spacial score (nSPS) is 28.7. The fourth-order valence-corrected chi connectivity index (χ4v) is 3.62. The number of amides is 1. The molecule has 2 aliphatic heterocycles. The van der Waals surface area contributed by atoms with Crippen LogP contribution in [0.15, 0.2) is 4.42 Å². The monoisotopic (exact) mass is 263 g/mol. The minimum Gasteiger partial charge on any atom is -0.436 e. The third kappa shape index (κ3) is 1.79. The molecule has 2 atom stereocenters. The van der Waals surface area contributed by atoms with Crippen molar-refractivity contribution in [2.24, 2.45) is 11.8 Å². The molecule has 0 aliphatic carbocycles. The van der Waals surface area contributed by atoms with Gasteiger partial charge in [0.05, 0.1) is 5.69 Å². The van der Waals surface area contributed by atoms with Crippen molar-refractivity contribution < 1.29 is 9.21 Å². The summed E-state index contributed by atoms with van der Waals surface area (Å²) in [5.41, 5.74) is 0.562. The van der Waals surface area contributed by atoms with Gasteiger partial charge >= 0.3 is 0 Å². The molecule has 2 saturated heterocycles. The highest BCUT2D eigenvalue weighted by atomic mass is 16.4. The molecule has 0 spiro atoms. The zero-order valence-electron chi connectivity index (χ0n) is 12.0. The number of oxazole rings is 1. The van der Waals surface area contributed by atoms with Gasteiger partial charge in [0.15, 0.2) is 5.89 Å². The first kappa shape index (κ1) is 12.7. The van der Waals surface area contributed by atoms with Crippen LogP contribution in [0.2, 0.25) is 0 Å². The number of hydrogen-bond donors (Lipinski definition) is 1. The molecule has 2 aliphatic rings. The number of hydrogen-bond acceptors (Lipinski definition) is 4. The fourth-order valence-electron chi connectivity index (χ4n) is 3.62. The number of aromatic nitrogens is 1. The Balaban J connectivity index is 1.91. The molecule has 0 radical (unpaired) electrons. The highest BCUT2D eigenvalue weighted by Gasteiger charge is 2.52. The number of aryl methyl sites for hydroxylation is 2. The first-order valence-corrected chi connectivity index (χ1v) is 6.88. The van der Waals surface area contributed by atoms with Crippen LogP contribution in [0.3, 0.4) is 0 Å². The van der Waals surface area contributed by atoms with Gasteiger partial charge in [0, 0.05) is 32.1 Å². The molecule has 0 bridgehead atoms. The third-order valence-electron chi connectivity index (χ3n) is 4.70. The van der Waals surface area contributed by atoms with E-state index in [4.69, 9.17) is 4.42 Å². The number of nitrogens with zero attached hydrogens (tertiary/aromatic N) is 2. The molecule has 3 rings (SSSR count). The first-order chi connectivity index (χ1) is 8.91. The molecule has 104 valence electrons. The lowest BCUT2D eigenvalue weighted by Gasteiger charge is -2.35. The lowest BCUT2D eigenvalue weighted by molar-refractivity contribution is 0.0568. The predicted molar refractivity (Wildman–Crippen MR) is 70.9 cm³/mol. The van der Waals surface area contributed by atoms with Crippen molar-refractivity contribution in [1.82, 2.24) is 15.2 Å². The third-order valence-corrected chi connectivity index (χ3v) is 4.70. The van der Waals surface area contributed by atoms with Gasteiger partial charge < -0.3 is 14.6 Å². The average molecular weight is 263 g/mol.